The van der Waals surface area contributed by atoms with Gasteiger partial charge in [0, 0.05) is 12.8 Å². The van der Waals surface area contributed by atoms with Gasteiger partial charge in [-0.05, 0) is 6.92 Å². The summed E-state index contributed by atoms with van der Waals surface area (Å²) in [6.45, 7) is 1.15. The molecule has 0 aliphatic heterocycles. The summed E-state index contributed by atoms with van der Waals surface area (Å²) < 4.78 is 0. The van der Waals surface area contributed by atoms with E-state index in [2.05, 4.69) is 0 Å². The number of carboxylic acid groups (broad SMARTS) is 1. The van der Waals surface area contributed by atoms with Gasteiger partial charge in [-0.15, -0.1) is 0 Å². The van der Waals surface area contributed by atoms with E-state index in [9.17, 15) is 19.5 Å². The number of aliphatic hydroxyl groups excluding tert-OH is 1. The van der Waals surface area contributed by atoms with E-state index in [0.29, 0.717) is 0 Å². The Bertz CT molecular complexity index is 262. The first-order valence-corrected chi connectivity index (χ1v) is 3.92. The van der Waals surface area contributed by atoms with Crippen LogP contribution >= 0.6 is 0 Å². The highest BCUT2D eigenvalue weighted by Crippen LogP contribution is 2.35. The molecule has 0 radical (unpaired) electrons. The van der Waals surface area contributed by atoms with Gasteiger partial charge in [-0.2, -0.15) is 0 Å². The molecule has 13 heavy (non-hydrogen) atoms. The molecule has 1 fully saturated rings. The molecule has 0 bridgehead atoms. The fourth-order valence-corrected chi connectivity index (χ4v) is 1.66. The number of aliphatic hydroxyl groups is 1. The number of carbonyl (C=O) groups excluding carboxylic acids is 2. The third-order valence-electron chi connectivity index (χ3n) is 2.42. The van der Waals surface area contributed by atoms with E-state index in [-0.39, 0.29) is 12.8 Å². The van der Waals surface area contributed by atoms with Crippen LogP contribution in [0, 0.1) is 5.41 Å². The predicted octanol–water partition coefficient (Wildman–Crippen LogP) is -0.630. The minimum absolute atomic E-state index is 0.0873. The largest absolute Gasteiger partial charge is 0.480 e. The maximum atomic E-state index is 11.2. The normalized spacial score (nSPS) is 23.2. The molecule has 72 valence electrons. The average Bonchev–Trinajstić information content (AvgIpc) is 2.27. The van der Waals surface area contributed by atoms with Crippen LogP contribution in [-0.4, -0.2) is 33.9 Å². The van der Waals surface area contributed by atoms with Gasteiger partial charge >= 0.3 is 5.97 Å². The Balaban J connectivity index is 3.23. The molecule has 0 spiro atoms. The van der Waals surface area contributed by atoms with Crippen LogP contribution in [0.15, 0.2) is 0 Å². The zero-order valence-corrected chi connectivity index (χ0v) is 7.11. The summed E-state index contributed by atoms with van der Waals surface area (Å²) in [6.07, 6.45) is -1.64. The lowest BCUT2D eigenvalue weighted by Crippen LogP contribution is -2.49. The number of carboxylic acids is 1. The topological polar surface area (TPSA) is 91.7 Å². The summed E-state index contributed by atoms with van der Waals surface area (Å²) >= 11 is 0. The lowest BCUT2D eigenvalue weighted by molar-refractivity contribution is -0.163. The Morgan fingerprint density at radius 2 is 1.77 bits per heavy atom. The second-order valence-electron chi connectivity index (χ2n) is 3.14. The molecule has 1 rings (SSSR count). The number of hydrogen-bond donors (Lipinski definition) is 2. The van der Waals surface area contributed by atoms with Gasteiger partial charge in [0.15, 0.2) is 11.6 Å². The zero-order chi connectivity index (χ0) is 10.2. The standard InChI is InChI=1S/C8H10O5/c1-4(9)8(7(12)13)5(10)2-3-6(8)11/h4,9H,2-3H2,1H3,(H,12,13)/t4-/m1/s1. The van der Waals surface area contributed by atoms with Crippen molar-refractivity contribution in [2.75, 3.05) is 0 Å². The summed E-state index contributed by atoms with van der Waals surface area (Å²) in [5, 5.41) is 18.0. The van der Waals surface area contributed by atoms with E-state index in [1.165, 1.54) is 0 Å². The molecule has 0 aromatic carbocycles. The molecule has 1 atom stereocenters. The van der Waals surface area contributed by atoms with Gasteiger partial charge in [-0.1, -0.05) is 0 Å². The third-order valence-corrected chi connectivity index (χ3v) is 2.42. The molecule has 1 aliphatic carbocycles. The van der Waals surface area contributed by atoms with E-state index in [1.807, 2.05) is 0 Å². The molecule has 0 heterocycles. The van der Waals surface area contributed by atoms with Gasteiger partial charge in [-0.3, -0.25) is 14.4 Å². The predicted molar refractivity (Wildman–Crippen MR) is 41.0 cm³/mol. The van der Waals surface area contributed by atoms with Crippen LogP contribution < -0.4 is 0 Å². The molecule has 1 aliphatic rings. The van der Waals surface area contributed by atoms with Crippen molar-refractivity contribution in [3.63, 3.8) is 0 Å². The highest BCUT2D eigenvalue weighted by Gasteiger charge is 2.59. The molecule has 0 unspecified atom stereocenters. The van der Waals surface area contributed by atoms with Gasteiger partial charge in [0.2, 0.25) is 5.41 Å². The SMILES string of the molecule is C[C@@H](O)C1(C(=O)O)C(=O)CCC1=O. The van der Waals surface area contributed by atoms with Crippen molar-refractivity contribution in [1.82, 2.24) is 0 Å². The van der Waals surface area contributed by atoms with Crippen LogP contribution in [0.3, 0.4) is 0 Å². The Morgan fingerprint density at radius 1 is 1.38 bits per heavy atom. The molecule has 0 saturated heterocycles. The average molecular weight is 186 g/mol. The number of aliphatic carboxylic acids is 1. The molecule has 2 N–H and O–H groups in total. The molecule has 0 aromatic rings. The van der Waals surface area contributed by atoms with Crippen molar-refractivity contribution >= 4 is 17.5 Å². The van der Waals surface area contributed by atoms with Crippen molar-refractivity contribution in [3.8, 4) is 0 Å². The first kappa shape index (κ1) is 9.85. The molecular formula is C8H10O5. The Labute approximate surface area is 74.4 Å². The van der Waals surface area contributed by atoms with Crippen molar-refractivity contribution in [3.05, 3.63) is 0 Å². The molecule has 1 saturated carbocycles. The van der Waals surface area contributed by atoms with E-state index in [1.54, 1.807) is 0 Å². The maximum Gasteiger partial charge on any atom is 0.327 e. The first-order chi connectivity index (χ1) is 5.94. The monoisotopic (exact) mass is 186 g/mol. The van der Waals surface area contributed by atoms with Gasteiger partial charge in [-0.25, -0.2) is 0 Å². The highest BCUT2D eigenvalue weighted by molar-refractivity contribution is 6.26. The van der Waals surface area contributed by atoms with Crippen molar-refractivity contribution in [2.45, 2.75) is 25.9 Å². The summed E-state index contributed by atoms with van der Waals surface area (Å²) in [4.78, 5) is 33.2. The van der Waals surface area contributed by atoms with Crippen LogP contribution in [0.2, 0.25) is 0 Å². The number of carbonyl (C=O) groups is 3. The number of Topliss-reactive ketones (excluding diaryl/α,β-unsaturated/α-hetero) is 2. The smallest absolute Gasteiger partial charge is 0.327 e. The Morgan fingerprint density at radius 3 is 1.92 bits per heavy atom. The van der Waals surface area contributed by atoms with Gasteiger partial charge in [0.25, 0.3) is 0 Å². The van der Waals surface area contributed by atoms with Crippen molar-refractivity contribution < 1.29 is 24.6 Å². The van der Waals surface area contributed by atoms with E-state index < -0.39 is 29.1 Å². The summed E-state index contributed by atoms with van der Waals surface area (Å²) in [7, 11) is 0. The highest BCUT2D eigenvalue weighted by atomic mass is 16.4. The van der Waals surface area contributed by atoms with Gasteiger partial charge in [0.05, 0.1) is 6.10 Å². The van der Waals surface area contributed by atoms with Crippen LogP contribution in [0.25, 0.3) is 0 Å². The number of hydrogen-bond acceptors (Lipinski definition) is 4. The molecule has 0 aromatic heterocycles. The first-order valence-electron chi connectivity index (χ1n) is 3.92. The van der Waals surface area contributed by atoms with Crippen molar-refractivity contribution in [1.29, 1.82) is 0 Å². The third kappa shape index (κ3) is 1.07. The summed E-state index contributed by atoms with van der Waals surface area (Å²) in [6, 6.07) is 0. The van der Waals surface area contributed by atoms with E-state index >= 15 is 0 Å². The van der Waals surface area contributed by atoms with E-state index in [0.717, 1.165) is 6.92 Å². The van der Waals surface area contributed by atoms with E-state index in [4.69, 9.17) is 5.11 Å². The second-order valence-corrected chi connectivity index (χ2v) is 3.14. The van der Waals surface area contributed by atoms with Crippen LogP contribution in [0.4, 0.5) is 0 Å². The zero-order valence-electron chi connectivity index (χ0n) is 7.11. The van der Waals surface area contributed by atoms with Gasteiger partial charge < -0.3 is 10.2 Å². The number of rotatable bonds is 2. The van der Waals surface area contributed by atoms with Crippen LogP contribution in [0.1, 0.15) is 19.8 Å². The molecular weight excluding hydrogens is 176 g/mol. The molecule has 5 heteroatoms. The summed E-state index contributed by atoms with van der Waals surface area (Å²) in [5.74, 6) is -2.94. The maximum absolute atomic E-state index is 11.2. The quantitative estimate of drug-likeness (QED) is 0.560. The van der Waals surface area contributed by atoms with Crippen LogP contribution in [-0.2, 0) is 14.4 Å². The lowest BCUT2D eigenvalue weighted by Gasteiger charge is -2.23. The number of ketones is 2. The molecule has 5 nitrogen and oxygen atoms in total. The molecule has 0 amide bonds. The van der Waals surface area contributed by atoms with Gasteiger partial charge in [0.1, 0.15) is 0 Å². The fraction of sp³-hybridized carbons (Fsp3) is 0.625. The lowest BCUT2D eigenvalue weighted by atomic mass is 9.79. The van der Waals surface area contributed by atoms with Crippen LogP contribution in [0.5, 0.6) is 0 Å². The summed E-state index contributed by atoms with van der Waals surface area (Å²) in [5.41, 5.74) is -2.19. The van der Waals surface area contributed by atoms with Crippen molar-refractivity contribution in [2.24, 2.45) is 5.41 Å². The minimum Gasteiger partial charge on any atom is -0.480 e. The Kier molecular flexibility index (Phi) is 2.21. The fourth-order valence-electron chi connectivity index (χ4n) is 1.66. The second kappa shape index (κ2) is 2.92. The minimum atomic E-state index is -2.19. The Hall–Kier alpha value is -1.23.